The lowest BCUT2D eigenvalue weighted by Gasteiger charge is -2.35. The molecule has 1 aromatic rings. The molecule has 1 fully saturated rings. The first-order chi connectivity index (χ1) is 8.66. The highest BCUT2D eigenvalue weighted by Gasteiger charge is 2.28. The Hall–Kier alpha value is -0.820. The molecule has 2 N–H and O–H groups in total. The molecule has 18 heavy (non-hydrogen) atoms. The second-order valence-electron chi connectivity index (χ2n) is 6.22. The van der Waals surface area contributed by atoms with Crippen LogP contribution in [0.5, 0.6) is 0 Å². The Labute approximate surface area is 112 Å². The normalized spacial score (nSPS) is 30.1. The van der Waals surface area contributed by atoms with Crippen LogP contribution in [0.2, 0.25) is 0 Å². The van der Waals surface area contributed by atoms with Crippen molar-refractivity contribution in [3.05, 3.63) is 35.9 Å². The van der Waals surface area contributed by atoms with Crippen LogP contribution in [0, 0.1) is 17.8 Å². The van der Waals surface area contributed by atoms with Crippen LogP contribution in [-0.4, -0.2) is 6.04 Å². The molecule has 0 saturated heterocycles. The fourth-order valence-electron chi connectivity index (χ4n) is 3.19. The molecule has 1 aliphatic rings. The van der Waals surface area contributed by atoms with E-state index < -0.39 is 0 Å². The summed E-state index contributed by atoms with van der Waals surface area (Å²) in [6.07, 6.45) is 6.29. The summed E-state index contributed by atoms with van der Waals surface area (Å²) in [4.78, 5) is 0. The van der Waals surface area contributed by atoms with Gasteiger partial charge in [0.2, 0.25) is 0 Å². The van der Waals surface area contributed by atoms with Crippen molar-refractivity contribution < 1.29 is 0 Å². The molecule has 0 spiro atoms. The molecule has 4 atom stereocenters. The van der Waals surface area contributed by atoms with E-state index >= 15 is 0 Å². The number of hydrogen-bond donors (Lipinski definition) is 1. The molecule has 0 aliphatic heterocycles. The molecule has 1 saturated carbocycles. The first kappa shape index (κ1) is 13.6. The van der Waals surface area contributed by atoms with Gasteiger partial charge in [0.1, 0.15) is 0 Å². The first-order valence-electron chi connectivity index (χ1n) is 7.46. The molecule has 2 rings (SSSR count). The Morgan fingerprint density at radius 1 is 1.11 bits per heavy atom. The van der Waals surface area contributed by atoms with Crippen LogP contribution in [0.1, 0.15) is 45.1 Å². The van der Waals surface area contributed by atoms with E-state index in [0.29, 0.717) is 6.04 Å². The fourth-order valence-corrected chi connectivity index (χ4v) is 3.19. The van der Waals surface area contributed by atoms with Crippen molar-refractivity contribution in [2.45, 2.75) is 52.0 Å². The van der Waals surface area contributed by atoms with E-state index in [1.165, 1.54) is 24.8 Å². The Balaban J connectivity index is 1.80. The predicted octanol–water partition coefficient (Wildman–Crippen LogP) is 4.02. The summed E-state index contributed by atoms with van der Waals surface area (Å²) in [7, 11) is 0. The molecule has 1 aliphatic carbocycles. The van der Waals surface area contributed by atoms with Crippen molar-refractivity contribution in [2.24, 2.45) is 23.5 Å². The predicted molar refractivity (Wildman–Crippen MR) is 78.4 cm³/mol. The number of hydrogen-bond acceptors (Lipinski definition) is 1. The summed E-state index contributed by atoms with van der Waals surface area (Å²) in [5.41, 5.74) is 7.83. The Bertz CT molecular complexity index is 346. The number of aryl methyl sites for hydroxylation is 1. The molecule has 4 unspecified atom stereocenters. The third kappa shape index (κ3) is 3.58. The van der Waals surface area contributed by atoms with E-state index in [1.54, 1.807) is 0 Å². The van der Waals surface area contributed by atoms with Gasteiger partial charge in [-0.2, -0.15) is 0 Å². The van der Waals surface area contributed by atoms with Gasteiger partial charge in [0.05, 0.1) is 0 Å². The van der Waals surface area contributed by atoms with Gasteiger partial charge in [-0.1, -0.05) is 50.6 Å². The zero-order valence-electron chi connectivity index (χ0n) is 11.8. The fraction of sp³-hybridized carbons (Fsp3) is 0.647. The Morgan fingerprint density at radius 2 is 1.83 bits per heavy atom. The molecule has 0 bridgehead atoms. The van der Waals surface area contributed by atoms with Crippen molar-refractivity contribution in [1.82, 2.24) is 0 Å². The van der Waals surface area contributed by atoms with E-state index in [0.717, 1.165) is 30.6 Å². The summed E-state index contributed by atoms with van der Waals surface area (Å²) in [6, 6.07) is 11.1. The highest BCUT2D eigenvalue weighted by atomic mass is 14.7. The summed E-state index contributed by atoms with van der Waals surface area (Å²) in [5, 5.41) is 0. The number of benzene rings is 1. The lowest BCUT2D eigenvalue weighted by molar-refractivity contribution is 0.182. The van der Waals surface area contributed by atoms with Gasteiger partial charge in [0.15, 0.2) is 0 Å². The molecule has 0 radical (unpaired) electrons. The Morgan fingerprint density at radius 3 is 2.50 bits per heavy atom. The van der Waals surface area contributed by atoms with Crippen molar-refractivity contribution >= 4 is 0 Å². The van der Waals surface area contributed by atoms with E-state index in [4.69, 9.17) is 5.73 Å². The zero-order chi connectivity index (χ0) is 13.0. The first-order valence-corrected chi connectivity index (χ1v) is 7.46. The highest BCUT2D eigenvalue weighted by molar-refractivity contribution is 5.14. The van der Waals surface area contributed by atoms with Gasteiger partial charge in [-0.3, -0.25) is 0 Å². The zero-order valence-corrected chi connectivity index (χ0v) is 11.8. The molecule has 100 valence electrons. The van der Waals surface area contributed by atoms with Gasteiger partial charge in [-0.15, -0.1) is 0 Å². The summed E-state index contributed by atoms with van der Waals surface area (Å²) in [6.45, 7) is 4.77. The van der Waals surface area contributed by atoms with E-state index in [1.807, 2.05) is 0 Å². The molecule has 1 heteroatoms. The summed E-state index contributed by atoms with van der Waals surface area (Å²) >= 11 is 0. The van der Waals surface area contributed by atoms with Crippen molar-refractivity contribution in [3.63, 3.8) is 0 Å². The van der Waals surface area contributed by atoms with Gasteiger partial charge in [-0.25, -0.2) is 0 Å². The Kier molecular flexibility index (Phi) is 4.82. The van der Waals surface area contributed by atoms with Crippen LogP contribution in [0.15, 0.2) is 30.3 Å². The van der Waals surface area contributed by atoms with Crippen LogP contribution >= 0.6 is 0 Å². The van der Waals surface area contributed by atoms with Gasteiger partial charge in [0.25, 0.3) is 0 Å². The van der Waals surface area contributed by atoms with Crippen molar-refractivity contribution in [1.29, 1.82) is 0 Å². The molecular formula is C17H27N. The molecule has 1 nitrogen and oxygen atoms in total. The average molecular weight is 245 g/mol. The van der Waals surface area contributed by atoms with E-state index in [2.05, 4.69) is 44.2 Å². The smallest absolute Gasteiger partial charge is 0.00704 e. The average Bonchev–Trinajstić information content (AvgIpc) is 2.40. The lowest BCUT2D eigenvalue weighted by atomic mass is 9.72. The maximum absolute atomic E-state index is 6.40. The van der Waals surface area contributed by atoms with Crippen molar-refractivity contribution in [2.75, 3.05) is 0 Å². The molecule has 0 amide bonds. The SMILES string of the molecule is CC1CCC(C(N)CCc2ccccc2)CC1C. The maximum atomic E-state index is 6.40. The highest BCUT2D eigenvalue weighted by Crippen LogP contribution is 2.35. The third-order valence-electron chi connectivity index (χ3n) is 4.85. The van der Waals surface area contributed by atoms with Crippen LogP contribution in [0.25, 0.3) is 0 Å². The van der Waals surface area contributed by atoms with Gasteiger partial charge in [0, 0.05) is 6.04 Å². The topological polar surface area (TPSA) is 26.0 Å². The maximum Gasteiger partial charge on any atom is 0.00704 e. The van der Waals surface area contributed by atoms with Gasteiger partial charge >= 0.3 is 0 Å². The van der Waals surface area contributed by atoms with Gasteiger partial charge in [-0.05, 0) is 49.0 Å². The van der Waals surface area contributed by atoms with Crippen LogP contribution in [0.3, 0.4) is 0 Å². The summed E-state index contributed by atoms with van der Waals surface area (Å²) in [5.74, 6) is 2.49. The second kappa shape index (κ2) is 6.38. The lowest BCUT2D eigenvalue weighted by Crippen LogP contribution is -2.35. The van der Waals surface area contributed by atoms with Crippen LogP contribution in [-0.2, 0) is 6.42 Å². The minimum atomic E-state index is 0.389. The molecule has 0 aromatic heterocycles. The van der Waals surface area contributed by atoms with Crippen LogP contribution < -0.4 is 5.73 Å². The van der Waals surface area contributed by atoms with Gasteiger partial charge < -0.3 is 5.73 Å². The molecule has 0 heterocycles. The monoisotopic (exact) mass is 245 g/mol. The second-order valence-corrected chi connectivity index (χ2v) is 6.22. The number of rotatable bonds is 4. The van der Waals surface area contributed by atoms with Crippen LogP contribution in [0.4, 0.5) is 0 Å². The van der Waals surface area contributed by atoms with E-state index in [9.17, 15) is 0 Å². The largest absolute Gasteiger partial charge is 0.327 e. The minimum Gasteiger partial charge on any atom is -0.327 e. The third-order valence-corrected chi connectivity index (χ3v) is 4.85. The van der Waals surface area contributed by atoms with Crippen molar-refractivity contribution in [3.8, 4) is 0 Å². The quantitative estimate of drug-likeness (QED) is 0.852. The summed E-state index contributed by atoms with van der Waals surface area (Å²) < 4.78 is 0. The molecule has 1 aromatic carbocycles. The minimum absolute atomic E-state index is 0.389. The standard InChI is InChI=1S/C17H27N/c1-13-8-10-16(12-14(13)2)17(18)11-9-15-6-4-3-5-7-15/h3-7,13-14,16-17H,8-12,18H2,1-2H3. The molecular weight excluding hydrogens is 218 g/mol. The van der Waals surface area contributed by atoms with E-state index in [-0.39, 0.29) is 0 Å². The number of nitrogens with two attached hydrogens (primary N) is 1.